The molecule has 112 valence electrons. The van der Waals surface area contributed by atoms with Gasteiger partial charge in [0.2, 0.25) is 0 Å². The summed E-state index contributed by atoms with van der Waals surface area (Å²) in [5.41, 5.74) is 1.76. The van der Waals surface area contributed by atoms with E-state index in [9.17, 15) is 4.39 Å². The van der Waals surface area contributed by atoms with Crippen molar-refractivity contribution in [2.75, 3.05) is 25.6 Å². The molecule has 5 heteroatoms. The number of halogens is 1. The van der Waals surface area contributed by atoms with Crippen LogP contribution in [0.15, 0.2) is 36.5 Å². The van der Waals surface area contributed by atoms with Gasteiger partial charge in [0.25, 0.3) is 0 Å². The first kappa shape index (κ1) is 15.3. The summed E-state index contributed by atoms with van der Waals surface area (Å²) in [6.45, 7) is 3.40. The number of benzene rings is 1. The van der Waals surface area contributed by atoms with E-state index >= 15 is 0 Å². The summed E-state index contributed by atoms with van der Waals surface area (Å²) in [5.74, 6) is 1.17. The number of pyridine rings is 1. The van der Waals surface area contributed by atoms with Crippen LogP contribution < -0.4 is 15.0 Å². The maximum Gasteiger partial charge on any atom is 0.141 e. The third-order valence-corrected chi connectivity index (χ3v) is 3.23. The quantitative estimate of drug-likeness (QED) is 0.886. The van der Waals surface area contributed by atoms with E-state index in [1.54, 1.807) is 7.11 Å². The second-order valence-electron chi connectivity index (χ2n) is 4.68. The molecule has 1 aromatic carbocycles. The highest BCUT2D eigenvalue weighted by atomic mass is 19.1. The van der Waals surface area contributed by atoms with Crippen molar-refractivity contribution < 1.29 is 9.13 Å². The van der Waals surface area contributed by atoms with E-state index in [1.165, 1.54) is 12.3 Å². The third kappa shape index (κ3) is 3.70. The summed E-state index contributed by atoms with van der Waals surface area (Å²) in [7, 11) is 3.54. The van der Waals surface area contributed by atoms with Crippen LogP contribution in [0.25, 0.3) is 0 Å². The Morgan fingerprint density at radius 1 is 1.33 bits per heavy atom. The molecule has 0 aliphatic rings. The largest absolute Gasteiger partial charge is 0.497 e. The molecule has 0 saturated heterocycles. The van der Waals surface area contributed by atoms with Gasteiger partial charge >= 0.3 is 0 Å². The molecule has 2 rings (SSSR count). The zero-order valence-electron chi connectivity index (χ0n) is 12.6. The molecule has 21 heavy (non-hydrogen) atoms. The fraction of sp³-hybridized carbons (Fsp3) is 0.312. The SMILES string of the molecule is CCNCc1cc(F)cnc1N(C)c1cccc(OC)c1. The summed E-state index contributed by atoms with van der Waals surface area (Å²) in [6.07, 6.45) is 1.24. The first-order chi connectivity index (χ1) is 10.2. The normalized spacial score (nSPS) is 10.5. The molecular weight excluding hydrogens is 269 g/mol. The molecule has 1 heterocycles. The van der Waals surface area contributed by atoms with Gasteiger partial charge in [-0.1, -0.05) is 13.0 Å². The van der Waals surface area contributed by atoms with Gasteiger partial charge in [-0.05, 0) is 24.7 Å². The molecule has 2 aromatic rings. The van der Waals surface area contributed by atoms with E-state index in [4.69, 9.17) is 4.74 Å². The van der Waals surface area contributed by atoms with Crippen molar-refractivity contribution in [2.45, 2.75) is 13.5 Å². The van der Waals surface area contributed by atoms with Gasteiger partial charge in [-0.3, -0.25) is 0 Å². The monoisotopic (exact) mass is 289 g/mol. The Balaban J connectivity index is 2.34. The van der Waals surface area contributed by atoms with Gasteiger partial charge in [0.15, 0.2) is 0 Å². The minimum atomic E-state index is -0.328. The average Bonchev–Trinajstić information content (AvgIpc) is 2.52. The minimum absolute atomic E-state index is 0.328. The highest BCUT2D eigenvalue weighted by Crippen LogP contribution is 2.28. The maximum absolute atomic E-state index is 13.4. The molecule has 1 N–H and O–H groups in total. The molecule has 0 unspecified atom stereocenters. The number of anilines is 2. The van der Waals surface area contributed by atoms with E-state index in [2.05, 4.69) is 10.3 Å². The predicted molar refractivity (Wildman–Crippen MR) is 82.6 cm³/mol. The van der Waals surface area contributed by atoms with Crippen molar-refractivity contribution >= 4 is 11.5 Å². The second kappa shape index (κ2) is 7.04. The Labute approximate surface area is 124 Å². The highest BCUT2D eigenvalue weighted by molar-refractivity contribution is 5.63. The molecule has 0 fully saturated rings. The summed E-state index contributed by atoms with van der Waals surface area (Å²) < 4.78 is 18.7. The van der Waals surface area contributed by atoms with E-state index in [1.807, 2.05) is 43.1 Å². The predicted octanol–water partition coefficient (Wildman–Crippen LogP) is 3.11. The van der Waals surface area contributed by atoms with Crippen LogP contribution in [0, 0.1) is 5.82 Å². The smallest absolute Gasteiger partial charge is 0.141 e. The van der Waals surface area contributed by atoms with Crippen molar-refractivity contribution in [3.63, 3.8) is 0 Å². The maximum atomic E-state index is 13.4. The molecule has 0 aliphatic heterocycles. The lowest BCUT2D eigenvalue weighted by atomic mass is 10.2. The Morgan fingerprint density at radius 2 is 2.14 bits per heavy atom. The molecule has 0 bridgehead atoms. The number of nitrogens with one attached hydrogen (secondary N) is 1. The van der Waals surface area contributed by atoms with Gasteiger partial charge in [-0.25, -0.2) is 9.37 Å². The van der Waals surface area contributed by atoms with Crippen LogP contribution >= 0.6 is 0 Å². The minimum Gasteiger partial charge on any atom is -0.497 e. The standard InChI is InChI=1S/C16H20FN3O/c1-4-18-10-12-8-13(17)11-19-16(12)20(2)14-6-5-7-15(9-14)21-3/h5-9,11,18H,4,10H2,1-3H3. The molecule has 0 spiro atoms. The van der Waals surface area contributed by atoms with Crippen molar-refractivity contribution in [1.29, 1.82) is 0 Å². The molecule has 0 amide bonds. The number of hydrogen-bond donors (Lipinski definition) is 1. The Morgan fingerprint density at radius 3 is 2.86 bits per heavy atom. The van der Waals surface area contributed by atoms with E-state index in [0.29, 0.717) is 6.54 Å². The number of ether oxygens (including phenoxy) is 1. The summed E-state index contributed by atoms with van der Waals surface area (Å²) in [6, 6.07) is 9.20. The van der Waals surface area contributed by atoms with Crippen LogP contribution in [0.2, 0.25) is 0 Å². The van der Waals surface area contributed by atoms with Crippen LogP contribution in [0.5, 0.6) is 5.75 Å². The summed E-state index contributed by atoms with van der Waals surface area (Å²) >= 11 is 0. The lowest BCUT2D eigenvalue weighted by molar-refractivity contribution is 0.415. The van der Waals surface area contributed by atoms with Crippen molar-refractivity contribution in [1.82, 2.24) is 10.3 Å². The summed E-state index contributed by atoms with van der Waals surface area (Å²) in [5, 5.41) is 3.20. The lowest BCUT2D eigenvalue weighted by Crippen LogP contribution is -2.18. The van der Waals surface area contributed by atoms with Gasteiger partial charge in [0.1, 0.15) is 17.4 Å². The van der Waals surface area contributed by atoms with Crippen LogP contribution in [0.1, 0.15) is 12.5 Å². The number of rotatable bonds is 6. The molecular formula is C16H20FN3O. The van der Waals surface area contributed by atoms with Gasteiger partial charge in [0, 0.05) is 30.9 Å². The third-order valence-electron chi connectivity index (χ3n) is 3.23. The first-order valence-electron chi connectivity index (χ1n) is 6.88. The highest BCUT2D eigenvalue weighted by Gasteiger charge is 2.12. The fourth-order valence-corrected chi connectivity index (χ4v) is 2.11. The first-order valence-corrected chi connectivity index (χ1v) is 6.88. The molecule has 4 nitrogen and oxygen atoms in total. The Kier molecular flexibility index (Phi) is 5.11. The van der Waals surface area contributed by atoms with Crippen molar-refractivity contribution in [3.05, 3.63) is 47.9 Å². The second-order valence-corrected chi connectivity index (χ2v) is 4.68. The van der Waals surface area contributed by atoms with Crippen molar-refractivity contribution in [2.24, 2.45) is 0 Å². The molecule has 0 aliphatic carbocycles. The topological polar surface area (TPSA) is 37.4 Å². The number of hydrogen-bond acceptors (Lipinski definition) is 4. The zero-order chi connectivity index (χ0) is 15.2. The van der Waals surface area contributed by atoms with Gasteiger partial charge in [-0.2, -0.15) is 0 Å². The zero-order valence-corrected chi connectivity index (χ0v) is 12.6. The van der Waals surface area contributed by atoms with Gasteiger partial charge in [0.05, 0.1) is 13.3 Å². The molecule has 0 saturated carbocycles. The molecule has 0 atom stereocenters. The number of aromatic nitrogens is 1. The van der Waals surface area contributed by atoms with E-state index in [-0.39, 0.29) is 5.82 Å². The van der Waals surface area contributed by atoms with Gasteiger partial charge in [-0.15, -0.1) is 0 Å². The Bertz CT molecular complexity index is 604. The van der Waals surface area contributed by atoms with Gasteiger partial charge < -0.3 is 15.0 Å². The van der Waals surface area contributed by atoms with E-state index < -0.39 is 0 Å². The molecule has 1 aromatic heterocycles. The van der Waals surface area contributed by atoms with Crippen molar-refractivity contribution in [3.8, 4) is 5.75 Å². The fourth-order valence-electron chi connectivity index (χ4n) is 2.11. The van der Waals surface area contributed by atoms with Crippen LogP contribution in [-0.4, -0.2) is 25.7 Å². The van der Waals surface area contributed by atoms with E-state index in [0.717, 1.165) is 29.4 Å². The number of nitrogens with zero attached hydrogens (tertiary/aromatic N) is 2. The average molecular weight is 289 g/mol. The molecule has 0 radical (unpaired) electrons. The van der Waals surface area contributed by atoms with Crippen LogP contribution in [0.3, 0.4) is 0 Å². The lowest BCUT2D eigenvalue weighted by Gasteiger charge is -2.22. The van der Waals surface area contributed by atoms with Crippen LogP contribution in [-0.2, 0) is 6.54 Å². The number of methoxy groups -OCH3 is 1. The summed E-state index contributed by atoms with van der Waals surface area (Å²) in [4.78, 5) is 6.16. The van der Waals surface area contributed by atoms with Crippen LogP contribution in [0.4, 0.5) is 15.9 Å². The Hall–Kier alpha value is -2.14.